The Hall–Kier alpha value is -0.570. The molecule has 3 heteroatoms. The number of rotatable bonds is 2. The fraction of sp³-hybridized carbons (Fsp3) is 0.286. The smallest absolute Gasteiger partial charge is 0.331 e. The van der Waals surface area contributed by atoms with Crippen LogP contribution < -0.4 is 0 Å². The minimum absolute atomic E-state index is 0.371. The van der Waals surface area contributed by atoms with Crippen molar-refractivity contribution in [3.05, 3.63) is 22.2 Å². The lowest BCUT2D eigenvalue weighted by Crippen LogP contribution is -1.97. The number of carboxylic acids is 1. The monoisotopic (exact) mass is 204 g/mol. The van der Waals surface area contributed by atoms with Crippen LogP contribution in [0.5, 0.6) is 0 Å². The number of halogens is 1. The second-order valence-electron chi connectivity index (χ2n) is 1.91. The van der Waals surface area contributed by atoms with Gasteiger partial charge in [0.2, 0.25) is 0 Å². The molecular formula is C7H9BrO2. The molecule has 10 heavy (non-hydrogen) atoms. The predicted molar refractivity (Wildman–Crippen MR) is 44.1 cm³/mol. The van der Waals surface area contributed by atoms with E-state index in [4.69, 9.17) is 5.11 Å². The van der Waals surface area contributed by atoms with Gasteiger partial charge in [-0.3, -0.25) is 0 Å². The molecule has 0 amide bonds. The van der Waals surface area contributed by atoms with E-state index in [1.807, 2.05) is 0 Å². The van der Waals surface area contributed by atoms with Gasteiger partial charge in [0, 0.05) is 5.57 Å². The SMILES string of the molecule is CC(/C=C/Br)=C(\C)C(=O)O. The standard InChI is InChI=1S/C7H9BrO2/c1-5(3-4-8)6(2)7(9)10/h3-4H,1-2H3,(H,9,10)/b4-3+,6-5-. The van der Waals surface area contributed by atoms with Crippen LogP contribution in [0.3, 0.4) is 0 Å². The number of aliphatic carboxylic acids is 1. The zero-order chi connectivity index (χ0) is 8.15. The minimum Gasteiger partial charge on any atom is -0.478 e. The highest BCUT2D eigenvalue weighted by Gasteiger charge is 2.01. The summed E-state index contributed by atoms with van der Waals surface area (Å²) in [5.74, 6) is -0.872. The van der Waals surface area contributed by atoms with E-state index >= 15 is 0 Å². The van der Waals surface area contributed by atoms with Gasteiger partial charge in [-0.15, -0.1) is 0 Å². The first-order chi connectivity index (χ1) is 4.59. The van der Waals surface area contributed by atoms with Crippen LogP contribution in [0.1, 0.15) is 13.8 Å². The number of hydrogen-bond acceptors (Lipinski definition) is 1. The molecule has 0 spiro atoms. The van der Waals surface area contributed by atoms with Gasteiger partial charge in [0.05, 0.1) is 0 Å². The van der Waals surface area contributed by atoms with Crippen LogP contribution in [0.2, 0.25) is 0 Å². The molecule has 2 nitrogen and oxygen atoms in total. The molecule has 0 heterocycles. The molecule has 0 aliphatic carbocycles. The van der Waals surface area contributed by atoms with Gasteiger partial charge < -0.3 is 5.11 Å². The normalized spacial score (nSPS) is 13.5. The van der Waals surface area contributed by atoms with Gasteiger partial charge in [0.25, 0.3) is 0 Å². The van der Waals surface area contributed by atoms with Gasteiger partial charge in [-0.05, 0) is 24.4 Å². The van der Waals surface area contributed by atoms with Crippen LogP contribution >= 0.6 is 15.9 Å². The van der Waals surface area contributed by atoms with Crippen LogP contribution in [-0.4, -0.2) is 11.1 Å². The molecule has 0 radical (unpaired) electrons. The molecule has 0 bridgehead atoms. The van der Waals surface area contributed by atoms with Crippen LogP contribution in [-0.2, 0) is 4.79 Å². The van der Waals surface area contributed by atoms with E-state index in [1.165, 1.54) is 0 Å². The topological polar surface area (TPSA) is 37.3 Å². The van der Waals surface area contributed by atoms with E-state index < -0.39 is 5.97 Å². The Bertz CT molecular complexity index is 192. The van der Waals surface area contributed by atoms with Gasteiger partial charge in [-0.2, -0.15) is 0 Å². The van der Waals surface area contributed by atoms with Crippen molar-refractivity contribution in [2.24, 2.45) is 0 Å². The van der Waals surface area contributed by atoms with Crippen LogP contribution in [0.25, 0.3) is 0 Å². The lowest BCUT2D eigenvalue weighted by atomic mass is 10.1. The summed E-state index contributed by atoms with van der Waals surface area (Å²) in [5.41, 5.74) is 1.13. The van der Waals surface area contributed by atoms with Crippen LogP contribution in [0, 0.1) is 0 Å². The van der Waals surface area contributed by atoms with Gasteiger partial charge in [-0.1, -0.05) is 22.0 Å². The van der Waals surface area contributed by atoms with Gasteiger partial charge in [0.1, 0.15) is 0 Å². The van der Waals surface area contributed by atoms with Crippen molar-refractivity contribution in [1.82, 2.24) is 0 Å². The zero-order valence-corrected chi connectivity index (χ0v) is 7.47. The van der Waals surface area contributed by atoms with Gasteiger partial charge in [-0.25, -0.2) is 4.79 Å². The third kappa shape index (κ3) is 2.82. The fourth-order valence-corrected chi connectivity index (χ4v) is 0.785. The fourth-order valence-electron chi connectivity index (χ4n) is 0.388. The zero-order valence-electron chi connectivity index (χ0n) is 5.89. The molecule has 1 N–H and O–H groups in total. The average molecular weight is 205 g/mol. The van der Waals surface area contributed by atoms with Crippen molar-refractivity contribution >= 4 is 21.9 Å². The molecule has 0 atom stereocenters. The highest BCUT2D eigenvalue weighted by Crippen LogP contribution is 2.05. The third-order valence-electron chi connectivity index (χ3n) is 1.23. The van der Waals surface area contributed by atoms with Crippen molar-refractivity contribution in [3.63, 3.8) is 0 Å². The molecule has 0 aromatic rings. The van der Waals surface area contributed by atoms with E-state index in [0.717, 1.165) is 5.57 Å². The Balaban J connectivity index is 4.50. The Morgan fingerprint density at radius 2 is 2.00 bits per heavy atom. The van der Waals surface area contributed by atoms with Crippen LogP contribution in [0.15, 0.2) is 22.2 Å². The van der Waals surface area contributed by atoms with Gasteiger partial charge >= 0.3 is 5.97 Å². The summed E-state index contributed by atoms with van der Waals surface area (Å²) in [7, 11) is 0. The number of carbonyl (C=O) groups is 1. The summed E-state index contributed by atoms with van der Waals surface area (Å²) >= 11 is 3.06. The maximum absolute atomic E-state index is 10.3. The maximum atomic E-state index is 10.3. The molecule has 0 aliphatic heterocycles. The first-order valence-electron chi connectivity index (χ1n) is 2.77. The molecule has 0 fully saturated rings. The Morgan fingerprint density at radius 3 is 2.30 bits per heavy atom. The molecule has 56 valence electrons. The quantitative estimate of drug-likeness (QED) is 0.554. The maximum Gasteiger partial charge on any atom is 0.331 e. The second kappa shape index (κ2) is 4.28. The third-order valence-corrected chi connectivity index (χ3v) is 1.49. The molecular weight excluding hydrogens is 196 g/mol. The van der Waals surface area contributed by atoms with E-state index in [-0.39, 0.29) is 0 Å². The summed E-state index contributed by atoms with van der Waals surface area (Å²) in [5, 5.41) is 8.47. The summed E-state index contributed by atoms with van der Waals surface area (Å²) in [6.45, 7) is 3.33. The van der Waals surface area contributed by atoms with Crippen molar-refractivity contribution in [3.8, 4) is 0 Å². The summed E-state index contributed by atoms with van der Waals surface area (Å²) < 4.78 is 0. The van der Waals surface area contributed by atoms with E-state index in [0.29, 0.717) is 5.57 Å². The average Bonchev–Trinajstić information content (AvgIpc) is 1.87. The van der Waals surface area contributed by atoms with Crippen molar-refractivity contribution in [2.75, 3.05) is 0 Å². The molecule has 0 aliphatic rings. The van der Waals surface area contributed by atoms with Crippen molar-refractivity contribution in [1.29, 1.82) is 0 Å². The highest BCUT2D eigenvalue weighted by molar-refractivity contribution is 9.11. The Kier molecular flexibility index (Phi) is 4.03. The first-order valence-corrected chi connectivity index (χ1v) is 3.68. The number of hydrogen-bond donors (Lipinski definition) is 1. The highest BCUT2D eigenvalue weighted by atomic mass is 79.9. The molecule has 0 unspecified atom stereocenters. The van der Waals surface area contributed by atoms with Crippen molar-refractivity contribution in [2.45, 2.75) is 13.8 Å². The van der Waals surface area contributed by atoms with Crippen LogP contribution in [0.4, 0.5) is 0 Å². The van der Waals surface area contributed by atoms with Gasteiger partial charge in [0.15, 0.2) is 0 Å². The lowest BCUT2D eigenvalue weighted by molar-refractivity contribution is -0.132. The molecule has 0 saturated carbocycles. The molecule has 0 aromatic heterocycles. The summed E-state index contributed by atoms with van der Waals surface area (Å²) in [4.78, 5) is 11.9. The largest absolute Gasteiger partial charge is 0.478 e. The molecule has 0 saturated heterocycles. The minimum atomic E-state index is -0.872. The molecule has 0 rings (SSSR count). The Labute approximate surface area is 68.4 Å². The van der Waals surface area contributed by atoms with E-state index in [1.54, 1.807) is 24.9 Å². The lowest BCUT2D eigenvalue weighted by Gasteiger charge is -1.94. The summed E-state index contributed by atoms with van der Waals surface area (Å²) in [6, 6.07) is 0. The molecule has 0 aromatic carbocycles. The number of carboxylic acid groups (broad SMARTS) is 1. The van der Waals surface area contributed by atoms with Crippen molar-refractivity contribution < 1.29 is 9.90 Å². The van der Waals surface area contributed by atoms with E-state index in [9.17, 15) is 4.79 Å². The Morgan fingerprint density at radius 1 is 1.50 bits per heavy atom. The van der Waals surface area contributed by atoms with E-state index in [2.05, 4.69) is 15.9 Å². The summed E-state index contributed by atoms with van der Waals surface area (Å²) in [6.07, 6.45) is 1.70. The first kappa shape index (κ1) is 9.43. The predicted octanol–water partition coefficient (Wildman–Crippen LogP) is 2.32. The number of allylic oxidation sites excluding steroid dienone is 2. The second-order valence-corrected chi connectivity index (χ2v) is 2.43.